The molecule has 5 nitrogen and oxygen atoms in total. The number of nitro benzene ring substituents is 1. The molecule has 0 radical (unpaired) electrons. The van der Waals surface area contributed by atoms with Crippen molar-refractivity contribution in [3.63, 3.8) is 0 Å². The van der Waals surface area contributed by atoms with Gasteiger partial charge in [-0.1, -0.05) is 12.8 Å². The maximum absolute atomic E-state index is 10.8. The normalized spacial score (nSPS) is 17.7. The van der Waals surface area contributed by atoms with E-state index in [4.69, 9.17) is 10.5 Å². The van der Waals surface area contributed by atoms with Gasteiger partial charge in [0.1, 0.15) is 12.4 Å². The van der Waals surface area contributed by atoms with Crippen LogP contribution < -0.4 is 10.5 Å². The van der Waals surface area contributed by atoms with Gasteiger partial charge in [-0.05, 0) is 31.4 Å². The van der Waals surface area contributed by atoms with Crippen LogP contribution in [0.2, 0.25) is 0 Å². The maximum Gasteiger partial charge on any atom is 0.273 e. The molecule has 5 heteroatoms. The molecule has 1 aliphatic rings. The number of aryl methyl sites for hydroxylation is 1. The fourth-order valence-electron chi connectivity index (χ4n) is 2.37. The first-order valence-electron chi connectivity index (χ1n) is 6.16. The van der Waals surface area contributed by atoms with E-state index in [2.05, 4.69) is 0 Å². The minimum absolute atomic E-state index is 0.0579. The average Bonchev–Trinajstić information content (AvgIpc) is 2.73. The van der Waals surface area contributed by atoms with Crippen molar-refractivity contribution in [2.75, 3.05) is 6.61 Å². The largest absolute Gasteiger partial charge is 0.491 e. The SMILES string of the molecule is Cc1cc(OCC2(N)CCCC2)cc([N+](=O)[O-])c1. The quantitative estimate of drug-likeness (QED) is 0.658. The number of nitrogens with zero attached hydrogens (tertiary/aromatic N) is 1. The van der Waals surface area contributed by atoms with Crippen LogP contribution in [0.1, 0.15) is 31.2 Å². The van der Waals surface area contributed by atoms with E-state index >= 15 is 0 Å². The average molecular weight is 250 g/mol. The summed E-state index contributed by atoms with van der Waals surface area (Å²) in [6, 6.07) is 4.78. The van der Waals surface area contributed by atoms with Gasteiger partial charge in [-0.3, -0.25) is 10.1 Å². The first-order chi connectivity index (χ1) is 8.48. The topological polar surface area (TPSA) is 78.4 Å². The number of hydrogen-bond acceptors (Lipinski definition) is 4. The second kappa shape index (κ2) is 4.94. The molecule has 18 heavy (non-hydrogen) atoms. The number of benzene rings is 1. The highest BCUT2D eigenvalue weighted by atomic mass is 16.6. The highest BCUT2D eigenvalue weighted by molar-refractivity contribution is 5.42. The molecule has 98 valence electrons. The highest BCUT2D eigenvalue weighted by Gasteiger charge is 2.30. The van der Waals surface area contributed by atoms with Crippen LogP contribution in [0, 0.1) is 17.0 Å². The van der Waals surface area contributed by atoms with Gasteiger partial charge >= 0.3 is 0 Å². The molecule has 0 aromatic heterocycles. The van der Waals surface area contributed by atoms with E-state index < -0.39 is 4.92 Å². The lowest BCUT2D eigenvalue weighted by Crippen LogP contribution is -2.42. The zero-order valence-electron chi connectivity index (χ0n) is 10.5. The lowest BCUT2D eigenvalue weighted by molar-refractivity contribution is -0.385. The molecular weight excluding hydrogens is 232 g/mol. The zero-order valence-corrected chi connectivity index (χ0v) is 10.5. The van der Waals surface area contributed by atoms with Crippen LogP contribution >= 0.6 is 0 Å². The van der Waals surface area contributed by atoms with Gasteiger partial charge in [0.25, 0.3) is 5.69 Å². The smallest absolute Gasteiger partial charge is 0.273 e. The van der Waals surface area contributed by atoms with Crippen molar-refractivity contribution < 1.29 is 9.66 Å². The molecule has 1 fully saturated rings. The number of nitrogens with two attached hydrogens (primary N) is 1. The van der Waals surface area contributed by atoms with Crippen LogP contribution in [0.4, 0.5) is 5.69 Å². The highest BCUT2D eigenvalue weighted by Crippen LogP contribution is 2.29. The van der Waals surface area contributed by atoms with E-state index in [-0.39, 0.29) is 11.2 Å². The molecule has 0 heterocycles. The Morgan fingerprint density at radius 1 is 1.39 bits per heavy atom. The summed E-state index contributed by atoms with van der Waals surface area (Å²) >= 11 is 0. The van der Waals surface area contributed by atoms with E-state index in [1.165, 1.54) is 12.1 Å². The van der Waals surface area contributed by atoms with Crippen molar-refractivity contribution in [3.8, 4) is 5.75 Å². The van der Waals surface area contributed by atoms with E-state index in [1.54, 1.807) is 6.07 Å². The Balaban J connectivity index is 2.07. The Morgan fingerprint density at radius 2 is 2.06 bits per heavy atom. The fraction of sp³-hybridized carbons (Fsp3) is 0.538. The molecule has 0 aliphatic heterocycles. The summed E-state index contributed by atoms with van der Waals surface area (Å²) in [6.07, 6.45) is 4.18. The van der Waals surface area contributed by atoms with Crippen LogP contribution in [-0.4, -0.2) is 17.1 Å². The van der Waals surface area contributed by atoms with Crippen molar-refractivity contribution in [3.05, 3.63) is 33.9 Å². The predicted molar refractivity (Wildman–Crippen MR) is 68.7 cm³/mol. The Labute approximate surface area is 106 Å². The molecule has 1 aromatic rings. The molecule has 0 atom stereocenters. The Morgan fingerprint density at radius 3 is 2.67 bits per heavy atom. The van der Waals surface area contributed by atoms with Gasteiger partial charge in [-0.15, -0.1) is 0 Å². The number of hydrogen-bond donors (Lipinski definition) is 1. The Kier molecular flexibility index (Phi) is 3.52. The second-order valence-corrected chi connectivity index (χ2v) is 5.12. The fourth-order valence-corrected chi connectivity index (χ4v) is 2.37. The summed E-state index contributed by atoms with van der Waals surface area (Å²) in [5.41, 5.74) is 6.79. The van der Waals surface area contributed by atoms with Gasteiger partial charge < -0.3 is 10.5 Å². The number of non-ortho nitro benzene ring substituents is 1. The molecule has 1 aliphatic carbocycles. The van der Waals surface area contributed by atoms with Crippen LogP contribution in [0.5, 0.6) is 5.75 Å². The van der Waals surface area contributed by atoms with E-state index in [1.807, 2.05) is 6.92 Å². The summed E-state index contributed by atoms with van der Waals surface area (Å²) in [4.78, 5) is 10.3. The first kappa shape index (κ1) is 12.8. The number of nitro groups is 1. The maximum atomic E-state index is 10.8. The third kappa shape index (κ3) is 2.98. The summed E-state index contributed by atoms with van der Waals surface area (Å²) in [5.74, 6) is 0.526. The number of rotatable bonds is 4. The van der Waals surface area contributed by atoms with Crippen molar-refractivity contribution in [2.45, 2.75) is 38.1 Å². The molecule has 0 amide bonds. The van der Waals surface area contributed by atoms with E-state index in [9.17, 15) is 10.1 Å². The van der Waals surface area contributed by atoms with E-state index in [0.29, 0.717) is 12.4 Å². The zero-order chi connectivity index (χ0) is 13.2. The molecule has 1 aromatic carbocycles. The molecule has 0 spiro atoms. The van der Waals surface area contributed by atoms with Gasteiger partial charge in [0.15, 0.2) is 0 Å². The van der Waals surface area contributed by atoms with Crippen LogP contribution in [0.15, 0.2) is 18.2 Å². The monoisotopic (exact) mass is 250 g/mol. The van der Waals surface area contributed by atoms with Crippen LogP contribution in [0.25, 0.3) is 0 Å². The van der Waals surface area contributed by atoms with Gasteiger partial charge in [0.05, 0.1) is 16.5 Å². The van der Waals surface area contributed by atoms with Crippen LogP contribution in [0.3, 0.4) is 0 Å². The van der Waals surface area contributed by atoms with Crippen molar-refractivity contribution in [2.24, 2.45) is 5.73 Å². The molecule has 0 unspecified atom stereocenters. The van der Waals surface area contributed by atoms with Crippen molar-refractivity contribution >= 4 is 5.69 Å². The van der Waals surface area contributed by atoms with Crippen molar-refractivity contribution in [1.82, 2.24) is 0 Å². The lowest BCUT2D eigenvalue weighted by atomic mass is 10.0. The molecular formula is C13H18N2O3. The third-order valence-corrected chi connectivity index (χ3v) is 3.37. The molecule has 0 bridgehead atoms. The first-order valence-corrected chi connectivity index (χ1v) is 6.16. The third-order valence-electron chi connectivity index (χ3n) is 3.37. The number of ether oxygens (including phenoxy) is 1. The Bertz CT molecular complexity index is 454. The van der Waals surface area contributed by atoms with E-state index in [0.717, 1.165) is 31.2 Å². The summed E-state index contributed by atoms with van der Waals surface area (Å²) in [7, 11) is 0. The molecule has 1 saturated carbocycles. The summed E-state index contributed by atoms with van der Waals surface area (Å²) in [5, 5.41) is 10.8. The van der Waals surface area contributed by atoms with Crippen molar-refractivity contribution in [1.29, 1.82) is 0 Å². The summed E-state index contributed by atoms with van der Waals surface area (Å²) in [6.45, 7) is 2.24. The molecule has 0 saturated heterocycles. The molecule has 2 N–H and O–H groups in total. The summed E-state index contributed by atoms with van der Waals surface area (Å²) < 4.78 is 5.64. The molecule has 2 rings (SSSR count). The predicted octanol–water partition coefficient (Wildman–Crippen LogP) is 2.55. The van der Waals surface area contributed by atoms with Gasteiger partial charge in [0.2, 0.25) is 0 Å². The minimum Gasteiger partial charge on any atom is -0.491 e. The van der Waals surface area contributed by atoms with Gasteiger partial charge in [0, 0.05) is 6.07 Å². The lowest BCUT2D eigenvalue weighted by Gasteiger charge is -2.23. The minimum atomic E-state index is -0.409. The van der Waals surface area contributed by atoms with Crippen LogP contribution in [-0.2, 0) is 0 Å². The van der Waals surface area contributed by atoms with Gasteiger partial charge in [-0.2, -0.15) is 0 Å². The Hall–Kier alpha value is -1.62. The standard InChI is InChI=1S/C13H18N2O3/c1-10-6-11(15(16)17)8-12(7-10)18-9-13(14)4-2-3-5-13/h6-8H,2-5,9,14H2,1H3. The second-order valence-electron chi connectivity index (χ2n) is 5.12. The van der Waals surface area contributed by atoms with Gasteiger partial charge in [-0.25, -0.2) is 0 Å².